The first-order valence-corrected chi connectivity index (χ1v) is 7.75. The van der Waals surface area contributed by atoms with Crippen molar-refractivity contribution >= 4 is 16.7 Å². The van der Waals surface area contributed by atoms with Gasteiger partial charge in [0.2, 0.25) is 0 Å². The zero-order valence-electron chi connectivity index (χ0n) is 12.9. The molecule has 0 spiro atoms. The van der Waals surface area contributed by atoms with Crippen LogP contribution in [0.25, 0.3) is 10.9 Å². The zero-order chi connectivity index (χ0) is 15.3. The third kappa shape index (κ3) is 2.29. The molecule has 2 aromatic heterocycles. The number of aryl methyl sites for hydroxylation is 2. The molecule has 1 aliphatic carbocycles. The minimum absolute atomic E-state index is 0. The van der Waals surface area contributed by atoms with Crippen molar-refractivity contribution in [2.45, 2.75) is 33.7 Å². The summed E-state index contributed by atoms with van der Waals surface area (Å²) in [6.45, 7) is 2.71. The van der Waals surface area contributed by atoms with Crippen LogP contribution in [-0.2, 0) is 20.0 Å². The Hall–Kier alpha value is -2.36. The van der Waals surface area contributed by atoms with Gasteiger partial charge in [-0.1, -0.05) is 25.6 Å². The predicted octanol–water partition coefficient (Wildman–Crippen LogP) is 3.76. The normalized spacial score (nSPS) is 17.1. The molecule has 0 saturated carbocycles. The summed E-state index contributed by atoms with van der Waals surface area (Å²) < 4.78 is 4.26. The summed E-state index contributed by atoms with van der Waals surface area (Å²) in [5.74, 6) is 1.30. The van der Waals surface area contributed by atoms with E-state index in [2.05, 4.69) is 33.3 Å². The van der Waals surface area contributed by atoms with Crippen molar-refractivity contribution in [3.05, 3.63) is 53.7 Å². The molecule has 0 bridgehead atoms. The van der Waals surface area contributed by atoms with Crippen LogP contribution in [0.15, 0.2) is 36.7 Å². The van der Waals surface area contributed by atoms with Crippen LogP contribution in [0.4, 0.5) is 0 Å². The van der Waals surface area contributed by atoms with Gasteiger partial charge in [-0.05, 0) is 25.8 Å². The lowest BCUT2D eigenvalue weighted by Gasteiger charge is -2.23. The largest absolute Gasteiger partial charge is 0.347 e. The molecule has 0 aliphatic heterocycles. The average molecular weight is 309 g/mol. The molecular weight excluding hydrogens is 286 g/mol. The average Bonchev–Trinajstić information content (AvgIpc) is 3.05. The lowest BCUT2D eigenvalue weighted by atomic mass is 9.85. The fourth-order valence-electron chi connectivity index (χ4n) is 3.67. The Morgan fingerprint density at radius 1 is 1.30 bits per heavy atom. The van der Waals surface area contributed by atoms with Gasteiger partial charge in [0.05, 0.1) is 0 Å². The summed E-state index contributed by atoms with van der Waals surface area (Å²) in [7, 11) is 2.06. The number of nitrogens with zero attached hydrogens (tertiary/aromatic N) is 3. The summed E-state index contributed by atoms with van der Waals surface area (Å²) in [5.41, 5.74) is 3.28. The van der Waals surface area contributed by atoms with E-state index < -0.39 is 0 Å². The molecule has 120 valence electrons. The summed E-state index contributed by atoms with van der Waals surface area (Å²) in [5, 5.41) is 1.09. The molecule has 1 aliphatic rings. The number of carbonyl (C=O) groups excluding carboxylic acids is 1. The molecule has 0 amide bonds. The van der Waals surface area contributed by atoms with Gasteiger partial charge in [-0.3, -0.25) is 4.79 Å². The maximum atomic E-state index is 13.0. The van der Waals surface area contributed by atoms with Crippen molar-refractivity contribution in [3.63, 3.8) is 0 Å². The standard InChI is InChI=1S/C18H19N3O.CH4/c1-12-19-9-10-21(12)11-13-7-8-16-17(18(13)22)14-5-3-4-6-15(14)20(16)2;/h3-6,9-10,13H,7-8,11H2,1-2H3;1H4. The number of ketones is 1. The van der Waals surface area contributed by atoms with Crippen molar-refractivity contribution in [1.29, 1.82) is 0 Å². The van der Waals surface area contributed by atoms with Gasteiger partial charge in [0.15, 0.2) is 5.78 Å². The molecule has 1 unspecified atom stereocenters. The van der Waals surface area contributed by atoms with Crippen LogP contribution in [0.3, 0.4) is 0 Å². The molecule has 3 aromatic rings. The monoisotopic (exact) mass is 309 g/mol. The van der Waals surface area contributed by atoms with Crippen LogP contribution in [0.5, 0.6) is 0 Å². The number of para-hydroxylation sites is 1. The first-order chi connectivity index (χ1) is 10.7. The number of hydrogen-bond donors (Lipinski definition) is 0. The molecule has 4 rings (SSSR count). The minimum atomic E-state index is 0. The van der Waals surface area contributed by atoms with Crippen LogP contribution in [-0.4, -0.2) is 19.9 Å². The molecule has 1 atom stereocenters. The number of imidazole rings is 1. The van der Waals surface area contributed by atoms with E-state index in [0.717, 1.165) is 41.7 Å². The van der Waals surface area contributed by atoms with Crippen LogP contribution in [0.2, 0.25) is 0 Å². The van der Waals surface area contributed by atoms with E-state index >= 15 is 0 Å². The molecule has 4 heteroatoms. The highest BCUT2D eigenvalue weighted by Crippen LogP contribution is 2.34. The van der Waals surface area contributed by atoms with Gasteiger partial charge in [0.25, 0.3) is 0 Å². The fraction of sp³-hybridized carbons (Fsp3) is 0.368. The van der Waals surface area contributed by atoms with Crippen molar-refractivity contribution < 1.29 is 4.79 Å². The Labute approximate surface area is 136 Å². The highest BCUT2D eigenvalue weighted by Gasteiger charge is 2.32. The van der Waals surface area contributed by atoms with Crippen molar-refractivity contribution in [1.82, 2.24) is 14.1 Å². The molecule has 4 nitrogen and oxygen atoms in total. The highest BCUT2D eigenvalue weighted by molar-refractivity contribution is 6.11. The SMILES string of the molecule is C.Cc1nccn1CC1CCc2c(c3ccccc3n2C)C1=O. The lowest BCUT2D eigenvalue weighted by Crippen LogP contribution is -2.27. The third-order valence-corrected chi connectivity index (χ3v) is 4.92. The first kappa shape index (κ1) is 15.5. The topological polar surface area (TPSA) is 39.8 Å². The minimum Gasteiger partial charge on any atom is -0.347 e. The number of benzene rings is 1. The summed E-state index contributed by atoms with van der Waals surface area (Å²) in [4.78, 5) is 17.3. The van der Waals surface area contributed by atoms with Crippen LogP contribution < -0.4 is 0 Å². The number of hydrogen-bond acceptors (Lipinski definition) is 2. The Kier molecular flexibility index (Phi) is 3.84. The van der Waals surface area contributed by atoms with E-state index in [-0.39, 0.29) is 19.1 Å². The smallest absolute Gasteiger partial charge is 0.170 e. The zero-order valence-corrected chi connectivity index (χ0v) is 12.9. The van der Waals surface area contributed by atoms with Gasteiger partial charge >= 0.3 is 0 Å². The Morgan fingerprint density at radius 2 is 2.09 bits per heavy atom. The van der Waals surface area contributed by atoms with Gasteiger partial charge < -0.3 is 9.13 Å². The molecule has 1 aromatic carbocycles. The van der Waals surface area contributed by atoms with Gasteiger partial charge in [-0.2, -0.15) is 0 Å². The first-order valence-electron chi connectivity index (χ1n) is 7.75. The second-order valence-corrected chi connectivity index (χ2v) is 6.12. The summed E-state index contributed by atoms with van der Waals surface area (Å²) in [6, 6.07) is 8.21. The second-order valence-electron chi connectivity index (χ2n) is 6.12. The van der Waals surface area contributed by atoms with E-state index in [0.29, 0.717) is 0 Å². The summed E-state index contributed by atoms with van der Waals surface area (Å²) in [6.07, 6.45) is 5.63. The van der Waals surface area contributed by atoms with E-state index in [1.807, 2.05) is 25.3 Å². The number of aromatic nitrogens is 3. The van der Waals surface area contributed by atoms with Crippen molar-refractivity contribution in [2.24, 2.45) is 13.0 Å². The molecule has 0 N–H and O–H groups in total. The van der Waals surface area contributed by atoms with Crippen molar-refractivity contribution in [3.8, 4) is 0 Å². The van der Waals surface area contributed by atoms with E-state index in [1.54, 1.807) is 6.20 Å². The molecule has 0 saturated heterocycles. The van der Waals surface area contributed by atoms with E-state index in [4.69, 9.17) is 0 Å². The molecule has 0 radical (unpaired) electrons. The molecule has 0 fully saturated rings. The Balaban J connectivity index is 0.00000156. The van der Waals surface area contributed by atoms with Crippen LogP contribution in [0, 0.1) is 12.8 Å². The van der Waals surface area contributed by atoms with Crippen LogP contribution >= 0.6 is 0 Å². The fourth-order valence-corrected chi connectivity index (χ4v) is 3.67. The van der Waals surface area contributed by atoms with Gasteiger partial charge in [-0.25, -0.2) is 4.98 Å². The molecule has 2 heterocycles. The summed E-state index contributed by atoms with van der Waals surface area (Å²) >= 11 is 0. The number of Topliss-reactive ketones (excluding diaryl/α,β-unsaturated/α-hetero) is 1. The molecule has 23 heavy (non-hydrogen) atoms. The van der Waals surface area contributed by atoms with Gasteiger partial charge in [-0.15, -0.1) is 0 Å². The second kappa shape index (κ2) is 5.69. The lowest BCUT2D eigenvalue weighted by molar-refractivity contribution is 0.0888. The Morgan fingerprint density at radius 3 is 2.83 bits per heavy atom. The quantitative estimate of drug-likeness (QED) is 0.723. The number of rotatable bonds is 2. The van der Waals surface area contributed by atoms with Gasteiger partial charge in [0.1, 0.15) is 5.82 Å². The van der Waals surface area contributed by atoms with E-state index in [9.17, 15) is 4.79 Å². The molecular formula is C19H23N3O. The van der Waals surface area contributed by atoms with Crippen molar-refractivity contribution in [2.75, 3.05) is 0 Å². The van der Waals surface area contributed by atoms with E-state index in [1.165, 1.54) is 5.69 Å². The predicted molar refractivity (Wildman–Crippen MR) is 92.8 cm³/mol. The van der Waals surface area contributed by atoms with Crippen LogP contribution in [0.1, 0.15) is 35.7 Å². The number of carbonyl (C=O) groups is 1. The third-order valence-electron chi connectivity index (χ3n) is 4.92. The highest BCUT2D eigenvalue weighted by atomic mass is 16.1. The maximum Gasteiger partial charge on any atom is 0.170 e. The van der Waals surface area contributed by atoms with Gasteiger partial charge in [0, 0.05) is 54.1 Å². The Bertz CT molecular complexity index is 872. The number of fused-ring (bicyclic) bond motifs is 3. The maximum absolute atomic E-state index is 13.0.